The highest BCUT2D eigenvalue weighted by Crippen LogP contribution is 2.35. The smallest absolute Gasteiger partial charge is 0.136 e. The van der Waals surface area contributed by atoms with Gasteiger partial charge in [0.15, 0.2) is 0 Å². The average molecular weight is 326 g/mol. The molecule has 0 radical (unpaired) electrons. The van der Waals surface area contributed by atoms with Gasteiger partial charge in [-0.25, -0.2) is 9.97 Å². The van der Waals surface area contributed by atoms with Crippen molar-refractivity contribution in [2.75, 3.05) is 0 Å². The average Bonchev–Trinajstić information content (AvgIpc) is 2.69. The molecule has 3 nitrogen and oxygen atoms in total. The molecule has 0 aliphatic carbocycles. The molecule has 3 heteroatoms. The summed E-state index contributed by atoms with van der Waals surface area (Å²) in [5.74, 6) is 0. The topological polar surface area (TPSA) is 46.0 Å². The lowest BCUT2D eigenvalue weighted by molar-refractivity contribution is 0.0781. The molecule has 0 saturated carbocycles. The zero-order valence-corrected chi connectivity index (χ0v) is 13.7. The fraction of sp³-hybridized carbons (Fsp3) is 0.0909. The van der Waals surface area contributed by atoms with Crippen LogP contribution in [-0.4, -0.2) is 15.1 Å². The predicted octanol–water partition coefficient (Wildman–Crippen LogP) is 4.11. The van der Waals surface area contributed by atoms with Crippen LogP contribution in [0.2, 0.25) is 0 Å². The Hall–Kier alpha value is -3.04. The van der Waals surface area contributed by atoms with E-state index in [4.69, 9.17) is 0 Å². The molecular weight excluding hydrogens is 308 g/mol. The summed E-state index contributed by atoms with van der Waals surface area (Å²) in [6.07, 6.45) is 1.97. The summed E-state index contributed by atoms with van der Waals surface area (Å²) < 4.78 is 0. The van der Waals surface area contributed by atoms with E-state index >= 15 is 0 Å². The Labute approximate surface area is 146 Å². The Balaban J connectivity index is 1.94. The van der Waals surface area contributed by atoms with E-state index in [9.17, 15) is 5.11 Å². The van der Waals surface area contributed by atoms with Crippen molar-refractivity contribution in [3.05, 3.63) is 108 Å². The van der Waals surface area contributed by atoms with Crippen LogP contribution >= 0.6 is 0 Å². The molecule has 0 fully saturated rings. The summed E-state index contributed by atoms with van der Waals surface area (Å²) >= 11 is 0. The maximum atomic E-state index is 11.8. The fourth-order valence-corrected chi connectivity index (χ4v) is 3.26. The van der Waals surface area contributed by atoms with Gasteiger partial charge >= 0.3 is 0 Å². The van der Waals surface area contributed by atoms with Gasteiger partial charge in [-0.05, 0) is 17.2 Å². The van der Waals surface area contributed by atoms with Crippen LogP contribution in [-0.2, 0) is 12.0 Å². The van der Waals surface area contributed by atoms with Crippen LogP contribution in [0.5, 0.6) is 0 Å². The number of rotatable bonds is 4. The molecule has 1 aromatic heterocycles. The lowest BCUT2D eigenvalue weighted by Crippen LogP contribution is -2.31. The van der Waals surface area contributed by atoms with Crippen LogP contribution in [0.1, 0.15) is 16.8 Å². The molecule has 4 aromatic rings. The van der Waals surface area contributed by atoms with Crippen LogP contribution in [0.15, 0.2) is 91.3 Å². The molecule has 3 aromatic carbocycles. The number of benzene rings is 3. The third-order valence-electron chi connectivity index (χ3n) is 4.49. The highest BCUT2D eigenvalue weighted by molar-refractivity contribution is 5.82. The number of aliphatic hydroxyl groups is 1. The Morgan fingerprint density at radius 3 is 2.12 bits per heavy atom. The van der Waals surface area contributed by atoms with E-state index in [0.29, 0.717) is 12.1 Å². The van der Waals surface area contributed by atoms with Crippen molar-refractivity contribution < 1.29 is 5.11 Å². The van der Waals surface area contributed by atoms with Crippen molar-refractivity contribution in [3.8, 4) is 0 Å². The van der Waals surface area contributed by atoms with Crippen molar-refractivity contribution >= 4 is 10.9 Å². The zero-order valence-electron chi connectivity index (χ0n) is 13.7. The van der Waals surface area contributed by atoms with Gasteiger partial charge in [0.2, 0.25) is 0 Å². The highest BCUT2D eigenvalue weighted by atomic mass is 16.3. The quantitative estimate of drug-likeness (QED) is 0.614. The maximum absolute atomic E-state index is 11.8. The first-order valence-corrected chi connectivity index (χ1v) is 8.29. The second kappa shape index (κ2) is 6.46. The molecule has 0 saturated heterocycles. The van der Waals surface area contributed by atoms with Crippen LogP contribution in [0.4, 0.5) is 0 Å². The number of nitrogens with zero attached hydrogens (tertiary/aromatic N) is 2. The lowest BCUT2D eigenvalue weighted by Gasteiger charge is -2.29. The summed E-state index contributed by atoms with van der Waals surface area (Å²) in [6.45, 7) is 0. The van der Waals surface area contributed by atoms with E-state index < -0.39 is 5.60 Å². The maximum Gasteiger partial charge on any atom is 0.136 e. The highest BCUT2D eigenvalue weighted by Gasteiger charge is 2.35. The Morgan fingerprint density at radius 2 is 1.36 bits per heavy atom. The van der Waals surface area contributed by atoms with E-state index in [1.54, 1.807) is 0 Å². The molecule has 1 unspecified atom stereocenters. The van der Waals surface area contributed by atoms with E-state index in [2.05, 4.69) is 9.97 Å². The van der Waals surface area contributed by atoms with Gasteiger partial charge in [-0.3, -0.25) is 0 Å². The molecule has 1 atom stereocenters. The minimum atomic E-state index is -1.23. The third-order valence-corrected chi connectivity index (χ3v) is 4.49. The molecule has 1 heterocycles. The van der Waals surface area contributed by atoms with Crippen molar-refractivity contribution in [3.63, 3.8) is 0 Å². The van der Waals surface area contributed by atoms with Gasteiger partial charge in [0, 0.05) is 11.8 Å². The van der Waals surface area contributed by atoms with Crippen LogP contribution in [0, 0.1) is 0 Å². The first kappa shape index (κ1) is 15.5. The van der Waals surface area contributed by atoms with E-state index in [-0.39, 0.29) is 0 Å². The minimum Gasteiger partial charge on any atom is -0.378 e. The zero-order chi connectivity index (χ0) is 17.1. The molecule has 0 spiro atoms. The van der Waals surface area contributed by atoms with Gasteiger partial charge in [-0.15, -0.1) is 0 Å². The number of aromatic nitrogens is 2. The summed E-state index contributed by atoms with van der Waals surface area (Å²) in [7, 11) is 0. The Morgan fingerprint density at radius 1 is 0.720 bits per heavy atom. The molecular formula is C22H18N2O. The molecule has 1 N–H and O–H groups in total. The normalized spacial score (nSPS) is 13.5. The van der Waals surface area contributed by atoms with Crippen molar-refractivity contribution in [2.45, 2.75) is 12.0 Å². The van der Waals surface area contributed by atoms with Gasteiger partial charge in [-0.2, -0.15) is 0 Å². The van der Waals surface area contributed by atoms with E-state index in [1.807, 2.05) is 84.9 Å². The molecule has 0 bridgehead atoms. The van der Waals surface area contributed by atoms with Crippen LogP contribution in [0.25, 0.3) is 10.9 Å². The molecule has 0 amide bonds. The Bertz CT molecular complexity index is 981. The number of fused-ring (bicyclic) bond motifs is 1. The molecule has 0 aliphatic heterocycles. The first-order chi connectivity index (χ1) is 12.3. The summed E-state index contributed by atoms with van der Waals surface area (Å²) in [5, 5.41) is 12.7. The summed E-state index contributed by atoms with van der Waals surface area (Å²) in [6, 6.07) is 27.5. The summed E-state index contributed by atoms with van der Waals surface area (Å²) in [4.78, 5) is 8.82. The monoisotopic (exact) mass is 326 g/mol. The SMILES string of the molecule is OC(Cc1ccccc1)(c1ccccc1)c1ncnc2ccccc12. The first-order valence-electron chi connectivity index (χ1n) is 8.29. The predicted molar refractivity (Wildman–Crippen MR) is 99.1 cm³/mol. The van der Waals surface area contributed by atoms with Gasteiger partial charge in [-0.1, -0.05) is 78.9 Å². The van der Waals surface area contributed by atoms with Gasteiger partial charge in [0.1, 0.15) is 11.9 Å². The van der Waals surface area contributed by atoms with Crippen molar-refractivity contribution in [1.82, 2.24) is 9.97 Å². The second-order valence-electron chi connectivity index (χ2n) is 6.13. The van der Waals surface area contributed by atoms with Crippen molar-refractivity contribution in [1.29, 1.82) is 0 Å². The number of hydrogen-bond acceptors (Lipinski definition) is 3. The minimum absolute atomic E-state index is 0.443. The summed E-state index contributed by atoms with van der Waals surface area (Å²) in [5.41, 5.74) is 2.10. The van der Waals surface area contributed by atoms with Crippen molar-refractivity contribution in [2.24, 2.45) is 0 Å². The molecule has 122 valence electrons. The van der Waals surface area contributed by atoms with Crippen LogP contribution < -0.4 is 0 Å². The van der Waals surface area contributed by atoms with E-state index in [1.165, 1.54) is 6.33 Å². The third kappa shape index (κ3) is 2.90. The number of para-hydroxylation sites is 1. The lowest BCUT2D eigenvalue weighted by atomic mass is 9.83. The van der Waals surface area contributed by atoms with E-state index in [0.717, 1.165) is 22.0 Å². The van der Waals surface area contributed by atoms with Gasteiger partial charge < -0.3 is 5.11 Å². The fourth-order valence-electron chi connectivity index (χ4n) is 3.26. The van der Waals surface area contributed by atoms with Gasteiger partial charge in [0.25, 0.3) is 0 Å². The molecule has 0 aliphatic rings. The standard InChI is InChI=1S/C22H18N2O/c25-22(18-11-5-2-6-12-18,15-17-9-3-1-4-10-17)21-19-13-7-8-14-20(19)23-16-24-21/h1-14,16,25H,15H2. The number of hydrogen-bond donors (Lipinski definition) is 1. The molecule has 25 heavy (non-hydrogen) atoms. The largest absolute Gasteiger partial charge is 0.378 e. The van der Waals surface area contributed by atoms with Gasteiger partial charge in [0.05, 0.1) is 11.2 Å². The van der Waals surface area contributed by atoms with Crippen LogP contribution in [0.3, 0.4) is 0 Å². The molecule has 4 rings (SSSR count). The second-order valence-corrected chi connectivity index (χ2v) is 6.13. The Kier molecular flexibility index (Phi) is 4.00.